The number of nitro groups is 2. The number of benzene rings is 2. The standard InChI is InChI=1S/C14H4Br2ClF6N3O4/c15-9-7(17)3-6(14(21,22)23)12(10(9)16)24-11-5(13(18,19)20)1-4(25(27)28)2-8(11)26(29)30/h1-3,24H. The molecule has 0 spiro atoms. The number of anilines is 2. The van der Waals surface area contributed by atoms with Gasteiger partial charge in [0.1, 0.15) is 5.69 Å². The van der Waals surface area contributed by atoms with E-state index in [2.05, 4.69) is 31.9 Å². The van der Waals surface area contributed by atoms with Crippen molar-refractivity contribution >= 4 is 66.2 Å². The third kappa shape index (κ3) is 4.78. The van der Waals surface area contributed by atoms with Crippen LogP contribution >= 0.6 is 43.5 Å². The van der Waals surface area contributed by atoms with E-state index in [1.54, 1.807) is 5.32 Å². The Morgan fingerprint density at radius 3 is 1.77 bits per heavy atom. The second-order valence-corrected chi connectivity index (χ2v) is 7.42. The molecule has 2 aromatic rings. The lowest BCUT2D eigenvalue weighted by Gasteiger charge is -2.20. The molecule has 0 unspecified atom stereocenters. The van der Waals surface area contributed by atoms with E-state index in [9.17, 15) is 46.6 Å². The Morgan fingerprint density at radius 2 is 1.33 bits per heavy atom. The number of halogens is 9. The summed E-state index contributed by atoms with van der Waals surface area (Å²) in [5.74, 6) is 0. The molecule has 0 saturated heterocycles. The van der Waals surface area contributed by atoms with Gasteiger partial charge >= 0.3 is 12.4 Å². The van der Waals surface area contributed by atoms with Crippen LogP contribution in [0.25, 0.3) is 0 Å². The van der Waals surface area contributed by atoms with Gasteiger partial charge in [-0.15, -0.1) is 0 Å². The lowest BCUT2D eigenvalue weighted by atomic mass is 10.1. The molecule has 0 saturated carbocycles. The molecule has 0 fully saturated rings. The fraction of sp³-hybridized carbons (Fsp3) is 0.143. The average Bonchev–Trinajstić information content (AvgIpc) is 2.59. The molecule has 0 aliphatic heterocycles. The van der Waals surface area contributed by atoms with Gasteiger partial charge in [-0.05, 0) is 37.9 Å². The Hall–Kier alpha value is -2.13. The molecule has 0 bridgehead atoms. The molecule has 162 valence electrons. The lowest BCUT2D eigenvalue weighted by Crippen LogP contribution is -2.15. The summed E-state index contributed by atoms with van der Waals surface area (Å²) in [4.78, 5) is 19.4. The molecule has 7 nitrogen and oxygen atoms in total. The molecule has 2 rings (SSSR count). The molecular weight excluding hydrogens is 583 g/mol. The van der Waals surface area contributed by atoms with E-state index in [1.807, 2.05) is 0 Å². The van der Waals surface area contributed by atoms with Crippen molar-refractivity contribution < 1.29 is 36.2 Å². The summed E-state index contributed by atoms with van der Waals surface area (Å²) in [5, 5.41) is 23.4. The number of hydrogen-bond acceptors (Lipinski definition) is 5. The summed E-state index contributed by atoms with van der Waals surface area (Å²) < 4.78 is 80.0. The smallest absolute Gasteiger partial charge is 0.348 e. The van der Waals surface area contributed by atoms with Crippen LogP contribution < -0.4 is 5.32 Å². The Labute approximate surface area is 183 Å². The summed E-state index contributed by atoms with van der Waals surface area (Å²) in [5.41, 5.74) is -8.62. The first-order valence-corrected chi connectivity index (χ1v) is 9.07. The predicted molar refractivity (Wildman–Crippen MR) is 99.9 cm³/mol. The zero-order valence-electron chi connectivity index (χ0n) is 13.7. The first-order valence-electron chi connectivity index (χ1n) is 7.11. The van der Waals surface area contributed by atoms with E-state index in [0.717, 1.165) is 0 Å². The minimum absolute atomic E-state index is 0.0263. The Morgan fingerprint density at radius 1 is 0.833 bits per heavy atom. The van der Waals surface area contributed by atoms with E-state index in [0.29, 0.717) is 6.07 Å². The third-order valence-corrected chi connectivity index (χ3v) is 6.21. The van der Waals surface area contributed by atoms with Crippen LogP contribution in [0.5, 0.6) is 0 Å². The van der Waals surface area contributed by atoms with E-state index in [-0.39, 0.29) is 16.6 Å². The van der Waals surface area contributed by atoms with Gasteiger partial charge in [-0.1, -0.05) is 11.6 Å². The normalized spacial score (nSPS) is 12.0. The number of non-ortho nitro benzene ring substituents is 1. The topological polar surface area (TPSA) is 98.3 Å². The van der Waals surface area contributed by atoms with Crippen LogP contribution in [0.15, 0.2) is 27.1 Å². The highest BCUT2D eigenvalue weighted by atomic mass is 79.9. The number of nitrogens with zero attached hydrogens (tertiary/aromatic N) is 2. The molecule has 1 N–H and O–H groups in total. The Bertz CT molecular complexity index is 1060. The number of alkyl halides is 6. The minimum Gasteiger partial charge on any atom is -0.348 e. The zero-order valence-corrected chi connectivity index (χ0v) is 17.6. The lowest BCUT2D eigenvalue weighted by molar-refractivity contribution is -0.394. The Kier molecular flexibility index (Phi) is 6.59. The first kappa shape index (κ1) is 24.1. The molecule has 0 heterocycles. The van der Waals surface area contributed by atoms with Crippen LogP contribution in [-0.4, -0.2) is 9.85 Å². The van der Waals surface area contributed by atoms with Crippen LogP contribution in [0.3, 0.4) is 0 Å². The molecule has 0 atom stereocenters. The zero-order chi connectivity index (χ0) is 23.2. The highest BCUT2D eigenvalue weighted by Gasteiger charge is 2.42. The minimum atomic E-state index is -5.38. The third-order valence-electron chi connectivity index (χ3n) is 3.53. The summed E-state index contributed by atoms with van der Waals surface area (Å²) in [6.07, 6.45) is -10.5. The van der Waals surface area contributed by atoms with Crippen molar-refractivity contribution in [1.29, 1.82) is 0 Å². The average molecular weight is 587 g/mol. The molecule has 0 aliphatic carbocycles. The van der Waals surface area contributed by atoms with E-state index < -0.39 is 65.6 Å². The summed E-state index contributed by atoms with van der Waals surface area (Å²) in [6, 6.07) is 0.564. The van der Waals surface area contributed by atoms with Gasteiger partial charge in [0, 0.05) is 6.07 Å². The quantitative estimate of drug-likeness (QED) is 0.173. The monoisotopic (exact) mass is 585 g/mol. The van der Waals surface area contributed by atoms with Crippen molar-refractivity contribution in [3.63, 3.8) is 0 Å². The van der Waals surface area contributed by atoms with Crippen LogP contribution in [0.2, 0.25) is 5.02 Å². The van der Waals surface area contributed by atoms with Gasteiger partial charge in [0.2, 0.25) is 0 Å². The maximum atomic E-state index is 13.5. The van der Waals surface area contributed by atoms with Gasteiger partial charge < -0.3 is 5.32 Å². The van der Waals surface area contributed by atoms with Crippen molar-refractivity contribution in [3.8, 4) is 0 Å². The predicted octanol–water partition coefficient (Wildman–Crippen LogP) is 7.46. The molecule has 16 heteroatoms. The van der Waals surface area contributed by atoms with Gasteiger partial charge in [0.05, 0.1) is 46.7 Å². The number of nitro benzene ring substituents is 2. The second-order valence-electron chi connectivity index (χ2n) is 5.43. The number of nitrogens with one attached hydrogen (secondary N) is 1. The Balaban J connectivity index is 2.92. The van der Waals surface area contributed by atoms with Crippen LogP contribution in [-0.2, 0) is 12.4 Å². The maximum absolute atomic E-state index is 13.5. The van der Waals surface area contributed by atoms with Crippen LogP contribution in [0.1, 0.15) is 11.1 Å². The number of hydrogen-bond donors (Lipinski definition) is 1. The van der Waals surface area contributed by atoms with Crippen LogP contribution in [0, 0.1) is 20.2 Å². The molecule has 2 aromatic carbocycles. The first-order chi connectivity index (χ1) is 13.6. The highest BCUT2D eigenvalue weighted by Crippen LogP contribution is 2.49. The van der Waals surface area contributed by atoms with Crippen LogP contribution in [0.4, 0.5) is 49.1 Å². The van der Waals surface area contributed by atoms with Crippen molar-refractivity contribution in [3.05, 3.63) is 63.5 Å². The second kappa shape index (κ2) is 8.19. The molecule has 0 aromatic heterocycles. The molecule has 0 radical (unpaired) electrons. The number of rotatable bonds is 4. The van der Waals surface area contributed by atoms with Crippen molar-refractivity contribution in [2.45, 2.75) is 12.4 Å². The molecule has 30 heavy (non-hydrogen) atoms. The molecule has 0 aliphatic rings. The van der Waals surface area contributed by atoms with Gasteiger partial charge in [-0.25, -0.2) is 0 Å². The SMILES string of the molecule is O=[N+]([O-])c1cc([N+](=O)[O-])c(Nc2c(C(F)(F)F)cc(Cl)c(Br)c2Br)c(C(F)(F)F)c1. The summed E-state index contributed by atoms with van der Waals surface area (Å²) >= 11 is 11.3. The van der Waals surface area contributed by atoms with E-state index >= 15 is 0 Å². The largest absolute Gasteiger partial charge is 0.418 e. The maximum Gasteiger partial charge on any atom is 0.418 e. The van der Waals surface area contributed by atoms with Crippen molar-refractivity contribution in [2.24, 2.45) is 0 Å². The fourth-order valence-corrected chi connectivity index (χ4v) is 3.44. The van der Waals surface area contributed by atoms with Gasteiger partial charge in [0.25, 0.3) is 11.4 Å². The van der Waals surface area contributed by atoms with Crippen molar-refractivity contribution in [1.82, 2.24) is 0 Å². The summed E-state index contributed by atoms with van der Waals surface area (Å²) in [6.45, 7) is 0. The van der Waals surface area contributed by atoms with E-state index in [4.69, 9.17) is 11.6 Å². The summed E-state index contributed by atoms with van der Waals surface area (Å²) in [7, 11) is 0. The van der Waals surface area contributed by atoms with E-state index in [1.165, 1.54) is 0 Å². The molecule has 0 amide bonds. The molecular formula is C14H4Br2ClF6N3O4. The van der Waals surface area contributed by atoms with Gasteiger partial charge in [-0.2, -0.15) is 26.3 Å². The highest BCUT2D eigenvalue weighted by molar-refractivity contribution is 9.13. The fourth-order valence-electron chi connectivity index (χ4n) is 2.28. The van der Waals surface area contributed by atoms with Gasteiger partial charge in [0.15, 0.2) is 0 Å². The van der Waals surface area contributed by atoms with Gasteiger partial charge in [-0.3, -0.25) is 20.2 Å². The van der Waals surface area contributed by atoms with Crippen molar-refractivity contribution in [2.75, 3.05) is 5.32 Å².